The van der Waals surface area contributed by atoms with Crippen molar-refractivity contribution in [3.05, 3.63) is 24.3 Å². The molecule has 0 aliphatic heterocycles. The van der Waals surface area contributed by atoms with Crippen molar-refractivity contribution in [2.45, 2.75) is 27.2 Å². The second-order valence-electron chi connectivity index (χ2n) is 4.91. The van der Waals surface area contributed by atoms with Crippen molar-refractivity contribution in [3.8, 4) is 5.75 Å². The smallest absolute Gasteiger partial charge is 0.225 e. The van der Waals surface area contributed by atoms with E-state index in [-0.39, 0.29) is 11.3 Å². The van der Waals surface area contributed by atoms with Crippen LogP contribution in [0.5, 0.6) is 5.75 Å². The van der Waals surface area contributed by atoms with Crippen LogP contribution in [0.15, 0.2) is 24.3 Å². The number of carbonyl (C=O) groups excluding carboxylic acids is 1. The highest BCUT2D eigenvalue weighted by molar-refractivity contribution is 5.81. The molecular weight excluding hydrogens is 228 g/mol. The van der Waals surface area contributed by atoms with Crippen molar-refractivity contribution in [2.24, 2.45) is 5.41 Å². The van der Waals surface area contributed by atoms with Crippen molar-refractivity contribution in [1.82, 2.24) is 5.32 Å². The van der Waals surface area contributed by atoms with Crippen LogP contribution < -0.4 is 15.8 Å². The number of carbonyl (C=O) groups is 1. The van der Waals surface area contributed by atoms with Crippen LogP contribution in [0.3, 0.4) is 0 Å². The van der Waals surface area contributed by atoms with Gasteiger partial charge in [-0.3, -0.25) is 4.79 Å². The van der Waals surface area contributed by atoms with Gasteiger partial charge in [0.2, 0.25) is 5.91 Å². The summed E-state index contributed by atoms with van der Waals surface area (Å²) in [4.78, 5) is 11.8. The molecular formula is C14H22N2O2. The van der Waals surface area contributed by atoms with Gasteiger partial charge in [-0.1, -0.05) is 20.8 Å². The Morgan fingerprint density at radius 1 is 1.33 bits per heavy atom. The molecule has 0 bridgehead atoms. The minimum absolute atomic E-state index is 0.0610. The lowest BCUT2D eigenvalue weighted by Gasteiger charge is -2.21. The molecule has 0 unspecified atom stereocenters. The van der Waals surface area contributed by atoms with Gasteiger partial charge in [0.15, 0.2) is 0 Å². The van der Waals surface area contributed by atoms with Gasteiger partial charge in [-0.25, -0.2) is 0 Å². The largest absolute Gasteiger partial charge is 0.492 e. The van der Waals surface area contributed by atoms with Crippen LogP contribution in [0, 0.1) is 5.41 Å². The van der Waals surface area contributed by atoms with E-state index >= 15 is 0 Å². The number of hydrogen-bond donors (Lipinski definition) is 2. The lowest BCUT2D eigenvalue weighted by molar-refractivity contribution is -0.129. The van der Waals surface area contributed by atoms with Crippen LogP contribution in [-0.4, -0.2) is 19.1 Å². The van der Waals surface area contributed by atoms with Gasteiger partial charge >= 0.3 is 0 Å². The van der Waals surface area contributed by atoms with Gasteiger partial charge in [-0.05, 0) is 30.7 Å². The molecule has 4 nitrogen and oxygen atoms in total. The summed E-state index contributed by atoms with van der Waals surface area (Å²) in [5.41, 5.74) is 5.96. The van der Waals surface area contributed by atoms with Crippen molar-refractivity contribution >= 4 is 11.6 Å². The molecule has 1 rings (SSSR count). The first kappa shape index (κ1) is 14.4. The fourth-order valence-corrected chi connectivity index (χ4v) is 1.30. The zero-order chi connectivity index (χ0) is 13.6. The van der Waals surface area contributed by atoms with E-state index in [1.807, 2.05) is 32.9 Å². The Morgan fingerprint density at radius 2 is 1.94 bits per heavy atom. The van der Waals surface area contributed by atoms with Gasteiger partial charge in [0.05, 0.1) is 6.54 Å². The average molecular weight is 250 g/mol. The van der Waals surface area contributed by atoms with Crippen molar-refractivity contribution < 1.29 is 9.53 Å². The molecule has 0 atom stereocenters. The highest BCUT2D eigenvalue weighted by Gasteiger charge is 2.24. The van der Waals surface area contributed by atoms with Crippen LogP contribution >= 0.6 is 0 Å². The molecule has 4 heteroatoms. The molecule has 100 valence electrons. The standard InChI is InChI=1S/C14H22N2O2/c1-4-14(2,3)13(17)16-9-10-18-12-7-5-11(15)6-8-12/h5-8H,4,9-10,15H2,1-3H3,(H,16,17). The number of nitrogen functional groups attached to an aromatic ring is 1. The van der Waals surface area contributed by atoms with E-state index in [0.717, 1.165) is 12.2 Å². The Morgan fingerprint density at radius 3 is 2.50 bits per heavy atom. The summed E-state index contributed by atoms with van der Waals surface area (Å²) in [5.74, 6) is 0.819. The number of rotatable bonds is 6. The number of amides is 1. The summed E-state index contributed by atoms with van der Waals surface area (Å²) < 4.78 is 5.49. The topological polar surface area (TPSA) is 64.3 Å². The maximum atomic E-state index is 11.8. The maximum Gasteiger partial charge on any atom is 0.225 e. The van der Waals surface area contributed by atoms with E-state index in [0.29, 0.717) is 18.8 Å². The first-order valence-electron chi connectivity index (χ1n) is 6.22. The van der Waals surface area contributed by atoms with Gasteiger partial charge in [-0.2, -0.15) is 0 Å². The SMILES string of the molecule is CCC(C)(C)C(=O)NCCOc1ccc(N)cc1. The van der Waals surface area contributed by atoms with Gasteiger partial charge in [0.25, 0.3) is 0 Å². The number of nitrogens with one attached hydrogen (secondary N) is 1. The Bertz CT molecular complexity index is 385. The number of hydrogen-bond acceptors (Lipinski definition) is 3. The third kappa shape index (κ3) is 4.28. The Kier molecular flexibility index (Phi) is 5.01. The molecule has 18 heavy (non-hydrogen) atoms. The molecule has 0 aliphatic carbocycles. The fourth-order valence-electron chi connectivity index (χ4n) is 1.30. The predicted molar refractivity (Wildman–Crippen MR) is 73.4 cm³/mol. The molecule has 0 heterocycles. The number of anilines is 1. The molecule has 0 aliphatic rings. The van der Waals surface area contributed by atoms with Crippen molar-refractivity contribution in [2.75, 3.05) is 18.9 Å². The minimum Gasteiger partial charge on any atom is -0.492 e. The second-order valence-corrected chi connectivity index (χ2v) is 4.91. The minimum atomic E-state index is -0.318. The van der Waals surface area contributed by atoms with Crippen LogP contribution in [0.25, 0.3) is 0 Å². The van der Waals surface area contributed by atoms with Crippen molar-refractivity contribution in [1.29, 1.82) is 0 Å². The van der Waals surface area contributed by atoms with Gasteiger partial charge in [-0.15, -0.1) is 0 Å². The number of nitrogens with two attached hydrogens (primary N) is 1. The Balaban J connectivity index is 2.27. The van der Waals surface area contributed by atoms with Crippen molar-refractivity contribution in [3.63, 3.8) is 0 Å². The lowest BCUT2D eigenvalue weighted by Crippen LogP contribution is -2.38. The van der Waals surface area contributed by atoms with E-state index < -0.39 is 0 Å². The molecule has 0 radical (unpaired) electrons. The summed E-state index contributed by atoms with van der Waals surface area (Å²) >= 11 is 0. The summed E-state index contributed by atoms with van der Waals surface area (Å²) in [7, 11) is 0. The lowest BCUT2D eigenvalue weighted by atomic mass is 9.89. The Hall–Kier alpha value is -1.71. The first-order valence-corrected chi connectivity index (χ1v) is 6.22. The van der Waals surface area contributed by atoms with E-state index in [2.05, 4.69) is 5.32 Å². The van der Waals surface area contributed by atoms with E-state index in [9.17, 15) is 4.79 Å². The molecule has 0 saturated heterocycles. The quantitative estimate of drug-likeness (QED) is 0.601. The third-order valence-corrected chi connectivity index (χ3v) is 3.04. The summed E-state index contributed by atoms with van der Waals surface area (Å²) in [6.45, 7) is 6.83. The average Bonchev–Trinajstić information content (AvgIpc) is 2.36. The molecule has 0 fully saturated rings. The summed E-state index contributed by atoms with van der Waals surface area (Å²) in [6.07, 6.45) is 0.817. The van der Waals surface area contributed by atoms with Crippen LogP contribution in [0.2, 0.25) is 0 Å². The maximum absolute atomic E-state index is 11.8. The molecule has 0 aromatic heterocycles. The third-order valence-electron chi connectivity index (χ3n) is 3.04. The van der Waals surface area contributed by atoms with E-state index in [1.165, 1.54) is 0 Å². The van der Waals surface area contributed by atoms with E-state index in [1.54, 1.807) is 12.1 Å². The van der Waals surface area contributed by atoms with Gasteiger partial charge in [0.1, 0.15) is 12.4 Å². The van der Waals surface area contributed by atoms with Crippen LogP contribution in [0.4, 0.5) is 5.69 Å². The zero-order valence-electron chi connectivity index (χ0n) is 11.3. The number of benzene rings is 1. The second kappa shape index (κ2) is 6.28. The summed E-state index contributed by atoms with van der Waals surface area (Å²) in [5, 5.41) is 2.87. The highest BCUT2D eigenvalue weighted by Crippen LogP contribution is 2.19. The first-order chi connectivity index (χ1) is 8.45. The molecule has 1 aromatic rings. The van der Waals surface area contributed by atoms with Gasteiger partial charge in [0, 0.05) is 11.1 Å². The summed E-state index contributed by atoms with van der Waals surface area (Å²) in [6, 6.07) is 7.20. The molecule has 1 aromatic carbocycles. The van der Waals surface area contributed by atoms with E-state index in [4.69, 9.17) is 10.5 Å². The normalized spacial score (nSPS) is 11.1. The molecule has 3 N–H and O–H groups in total. The van der Waals surface area contributed by atoms with Crippen LogP contribution in [-0.2, 0) is 4.79 Å². The monoisotopic (exact) mass is 250 g/mol. The predicted octanol–water partition coefficient (Wildman–Crippen LogP) is 2.20. The number of ether oxygens (including phenoxy) is 1. The molecule has 0 spiro atoms. The molecule has 0 saturated carbocycles. The van der Waals surface area contributed by atoms with Crippen LogP contribution in [0.1, 0.15) is 27.2 Å². The Labute approximate surface area is 109 Å². The fraction of sp³-hybridized carbons (Fsp3) is 0.500. The highest BCUT2D eigenvalue weighted by atomic mass is 16.5. The molecule has 1 amide bonds. The zero-order valence-corrected chi connectivity index (χ0v) is 11.3. The van der Waals surface area contributed by atoms with Gasteiger partial charge < -0.3 is 15.8 Å².